The van der Waals surface area contributed by atoms with Gasteiger partial charge in [0.05, 0.1) is 11.0 Å². The third-order valence-corrected chi connectivity index (χ3v) is 3.52. The Balaban J connectivity index is 2.12. The number of hydrogen-bond acceptors (Lipinski definition) is 3. The van der Waals surface area contributed by atoms with Crippen molar-refractivity contribution < 1.29 is 13.7 Å². The van der Waals surface area contributed by atoms with Crippen LogP contribution in [-0.2, 0) is 0 Å². The molecule has 0 spiro atoms. The van der Waals surface area contributed by atoms with Gasteiger partial charge in [-0.15, -0.1) is 0 Å². The first kappa shape index (κ1) is 13.7. The fourth-order valence-corrected chi connectivity index (χ4v) is 2.52. The van der Waals surface area contributed by atoms with Gasteiger partial charge in [0.1, 0.15) is 11.5 Å². The molecule has 0 heterocycles. The van der Waals surface area contributed by atoms with Crippen LogP contribution in [0.25, 0.3) is 0 Å². The number of nitro groups is 1. The van der Waals surface area contributed by atoms with Crippen LogP contribution in [0, 0.1) is 27.7 Å². The number of anilines is 1. The molecule has 0 radical (unpaired) electrons. The van der Waals surface area contributed by atoms with Crippen LogP contribution in [0.15, 0.2) is 12.1 Å². The molecular weight excluding hydrogens is 254 g/mol. The minimum Gasteiger partial charge on any atom is -0.377 e. The van der Waals surface area contributed by atoms with Crippen LogP contribution < -0.4 is 5.32 Å². The monoisotopic (exact) mass is 270 g/mol. The van der Waals surface area contributed by atoms with Crippen molar-refractivity contribution in [3.05, 3.63) is 33.9 Å². The smallest absolute Gasteiger partial charge is 0.298 e. The van der Waals surface area contributed by atoms with Gasteiger partial charge >= 0.3 is 0 Å². The first-order valence-corrected chi connectivity index (χ1v) is 6.45. The average Bonchev–Trinajstić information content (AvgIpc) is 2.38. The molecule has 1 saturated carbocycles. The van der Waals surface area contributed by atoms with Gasteiger partial charge in [0.25, 0.3) is 5.69 Å². The number of halogens is 2. The van der Waals surface area contributed by atoms with Gasteiger partial charge in [-0.25, -0.2) is 8.78 Å². The second-order valence-corrected chi connectivity index (χ2v) is 4.92. The number of nitrogens with one attached hydrogen (secondary N) is 1. The highest BCUT2D eigenvalue weighted by atomic mass is 19.1. The summed E-state index contributed by atoms with van der Waals surface area (Å²) in [6, 6.07) is 1.41. The molecule has 1 aliphatic carbocycles. The lowest BCUT2D eigenvalue weighted by Gasteiger charge is -2.22. The van der Waals surface area contributed by atoms with E-state index in [0.717, 1.165) is 31.7 Å². The Kier molecular flexibility index (Phi) is 4.29. The quantitative estimate of drug-likeness (QED) is 0.667. The van der Waals surface area contributed by atoms with E-state index in [4.69, 9.17) is 0 Å². The van der Waals surface area contributed by atoms with Crippen LogP contribution in [0.3, 0.4) is 0 Å². The Hall–Kier alpha value is -1.72. The summed E-state index contributed by atoms with van der Waals surface area (Å²) < 4.78 is 26.6. The van der Waals surface area contributed by atoms with E-state index in [-0.39, 0.29) is 5.69 Å². The van der Waals surface area contributed by atoms with Gasteiger partial charge in [-0.2, -0.15) is 0 Å². The van der Waals surface area contributed by atoms with Crippen molar-refractivity contribution in [1.82, 2.24) is 0 Å². The molecule has 1 aromatic carbocycles. The summed E-state index contributed by atoms with van der Waals surface area (Å²) in [5, 5.41) is 13.6. The molecule has 0 aromatic heterocycles. The van der Waals surface area contributed by atoms with Crippen LogP contribution in [0.4, 0.5) is 20.2 Å². The first-order valence-electron chi connectivity index (χ1n) is 6.45. The summed E-state index contributed by atoms with van der Waals surface area (Å²) in [7, 11) is 0. The predicted molar refractivity (Wildman–Crippen MR) is 68.1 cm³/mol. The van der Waals surface area contributed by atoms with E-state index in [0.29, 0.717) is 18.5 Å². The van der Waals surface area contributed by atoms with E-state index in [9.17, 15) is 18.9 Å². The molecular formula is C13H16F2N2O2. The first-order chi connectivity index (χ1) is 9.08. The van der Waals surface area contributed by atoms with Gasteiger partial charge in [-0.1, -0.05) is 19.3 Å². The Morgan fingerprint density at radius 2 is 1.95 bits per heavy atom. The third kappa shape index (κ3) is 3.39. The molecule has 2 rings (SSSR count). The minimum atomic E-state index is -0.938. The number of nitro benzene ring substituents is 1. The second-order valence-electron chi connectivity index (χ2n) is 4.92. The van der Waals surface area contributed by atoms with E-state index in [1.807, 2.05) is 0 Å². The molecule has 0 unspecified atom stereocenters. The maximum Gasteiger partial charge on any atom is 0.298 e. The molecule has 0 atom stereocenters. The van der Waals surface area contributed by atoms with Gasteiger partial charge in [-0.05, 0) is 18.8 Å². The predicted octanol–water partition coefficient (Wildman–Crippen LogP) is 3.87. The van der Waals surface area contributed by atoms with Crippen molar-refractivity contribution in [1.29, 1.82) is 0 Å². The Morgan fingerprint density at radius 3 is 2.58 bits per heavy atom. The highest BCUT2D eigenvalue weighted by Crippen LogP contribution is 2.30. The van der Waals surface area contributed by atoms with Gasteiger partial charge in [-0.3, -0.25) is 10.1 Å². The highest BCUT2D eigenvalue weighted by Gasteiger charge is 2.21. The summed E-state index contributed by atoms with van der Waals surface area (Å²) in [6.07, 6.45) is 5.58. The molecule has 1 N–H and O–H groups in total. The maximum atomic E-state index is 13.6. The zero-order chi connectivity index (χ0) is 13.8. The zero-order valence-corrected chi connectivity index (χ0v) is 10.5. The van der Waals surface area contributed by atoms with Gasteiger partial charge in [0.15, 0.2) is 5.82 Å². The molecule has 0 amide bonds. The molecule has 0 saturated heterocycles. The van der Waals surface area contributed by atoms with Gasteiger partial charge in [0.2, 0.25) is 0 Å². The highest BCUT2D eigenvalue weighted by molar-refractivity contribution is 5.62. The summed E-state index contributed by atoms with van der Waals surface area (Å²) in [5.41, 5.74) is -0.759. The van der Waals surface area contributed by atoms with Crippen LogP contribution in [0.5, 0.6) is 0 Å². The molecule has 1 fully saturated rings. The molecule has 19 heavy (non-hydrogen) atoms. The summed E-state index contributed by atoms with van der Waals surface area (Å²) in [4.78, 5) is 10.0. The lowest BCUT2D eigenvalue weighted by atomic mass is 9.89. The maximum absolute atomic E-state index is 13.6. The Bertz CT molecular complexity index is 474. The minimum absolute atomic E-state index is 0.211. The SMILES string of the molecule is O=[N+]([O-])c1cc(F)cc(F)c1NCC1CCCCC1. The molecule has 1 aliphatic rings. The summed E-state index contributed by atoms with van der Waals surface area (Å²) >= 11 is 0. The van der Waals surface area contributed by atoms with Crippen molar-refractivity contribution in [3.8, 4) is 0 Å². The van der Waals surface area contributed by atoms with Gasteiger partial charge in [0, 0.05) is 12.6 Å². The van der Waals surface area contributed by atoms with E-state index in [1.165, 1.54) is 6.42 Å². The average molecular weight is 270 g/mol. The van der Waals surface area contributed by atoms with Crippen LogP contribution in [0.1, 0.15) is 32.1 Å². The Morgan fingerprint density at radius 1 is 1.26 bits per heavy atom. The number of hydrogen-bond donors (Lipinski definition) is 1. The lowest BCUT2D eigenvalue weighted by molar-refractivity contribution is -0.384. The van der Waals surface area contributed by atoms with Crippen molar-refractivity contribution in [2.75, 3.05) is 11.9 Å². The van der Waals surface area contributed by atoms with Crippen LogP contribution >= 0.6 is 0 Å². The molecule has 0 bridgehead atoms. The number of benzene rings is 1. The van der Waals surface area contributed by atoms with Crippen molar-refractivity contribution >= 4 is 11.4 Å². The van der Waals surface area contributed by atoms with Crippen molar-refractivity contribution in [2.24, 2.45) is 5.92 Å². The zero-order valence-electron chi connectivity index (χ0n) is 10.5. The second kappa shape index (κ2) is 5.95. The van der Waals surface area contributed by atoms with Gasteiger partial charge < -0.3 is 5.32 Å². The van der Waals surface area contributed by atoms with Crippen molar-refractivity contribution in [2.45, 2.75) is 32.1 Å². The molecule has 1 aromatic rings. The van der Waals surface area contributed by atoms with E-state index >= 15 is 0 Å². The molecule has 0 aliphatic heterocycles. The van der Waals surface area contributed by atoms with E-state index < -0.39 is 22.2 Å². The van der Waals surface area contributed by atoms with E-state index in [2.05, 4.69) is 5.32 Å². The number of rotatable bonds is 4. The summed E-state index contributed by atoms with van der Waals surface area (Å²) in [5.74, 6) is -1.45. The fourth-order valence-electron chi connectivity index (χ4n) is 2.52. The normalized spacial score (nSPS) is 16.3. The largest absolute Gasteiger partial charge is 0.377 e. The molecule has 6 heteroatoms. The molecule has 4 nitrogen and oxygen atoms in total. The van der Waals surface area contributed by atoms with Crippen molar-refractivity contribution in [3.63, 3.8) is 0 Å². The number of nitrogens with zero attached hydrogens (tertiary/aromatic N) is 1. The van der Waals surface area contributed by atoms with E-state index in [1.54, 1.807) is 0 Å². The Labute approximate surface area is 110 Å². The van der Waals surface area contributed by atoms with Crippen LogP contribution in [-0.4, -0.2) is 11.5 Å². The topological polar surface area (TPSA) is 55.2 Å². The summed E-state index contributed by atoms with van der Waals surface area (Å²) in [6.45, 7) is 0.489. The fraction of sp³-hybridized carbons (Fsp3) is 0.538. The van der Waals surface area contributed by atoms with Crippen LogP contribution in [0.2, 0.25) is 0 Å². The molecule has 104 valence electrons. The standard InChI is InChI=1S/C13H16F2N2O2/c14-10-6-11(15)13(12(7-10)17(18)19)16-8-9-4-2-1-3-5-9/h6-7,9,16H,1-5,8H2. The third-order valence-electron chi connectivity index (χ3n) is 3.52. The lowest BCUT2D eigenvalue weighted by Crippen LogP contribution is -2.18.